The van der Waals surface area contributed by atoms with Gasteiger partial charge in [-0.05, 0) is 31.4 Å². The maximum absolute atomic E-state index is 13.0. The first kappa shape index (κ1) is 21.6. The summed E-state index contributed by atoms with van der Waals surface area (Å²) >= 11 is 0. The molecule has 0 saturated carbocycles. The number of unbranched alkanes of at least 4 members (excludes halogenated alkanes) is 1. The molecule has 1 aliphatic rings. The first-order valence-corrected chi connectivity index (χ1v) is 12.4. The monoisotopic (exact) mass is 421 g/mol. The zero-order valence-electron chi connectivity index (χ0n) is 17.3. The van der Waals surface area contributed by atoms with Crippen LogP contribution in [0.5, 0.6) is 0 Å². The lowest BCUT2D eigenvalue weighted by Gasteiger charge is -2.28. The fourth-order valence-electron chi connectivity index (χ4n) is 4.14. The standard InChI is InChI=1S/C21H31N3O4S/c1-3-5-13-22(17-11-15-29(27,28)16-17)20(25)10-14-24-19-9-7-6-8-18(19)23(12-4-2)21(24)26/h6-9,17H,3-5,10-16H2,1-2H3. The molecule has 3 rings (SSSR count). The number of fused-ring (bicyclic) bond motifs is 1. The highest BCUT2D eigenvalue weighted by Crippen LogP contribution is 2.20. The Morgan fingerprint density at radius 1 is 1.10 bits per heavy atom. The van der Waals surface area contributed by atoms with Crippen LogP contribution in [-0.4, -0.2) is 52.5 Å². The molecular weight excluding hydrogens is 390 g/mol. The normalized spacial score (nSPS) is 18.3. The predicted octanol–water partition coefficient (Wildman–Crippen LogP) is 2.42. The van der Waals surface area contributed by atoms with Crippen LogP contribution < -0.4 is 5.69 Å². The SMILES string of the molecule is CCCCN(C(=O)CCn1c(=O)n(CCC)c2ccccc21)C1CCS(=O)(=O)C1. The number of imidazole rings is 1. The second-order valence-electron chi connectivity index (χ2n) is 7.82. The maximum atomic E-state index is 13.0. The Hall–Kier alpha value is -2.09. The summed E-state index contributed by atoms with van der Waals surface area (Å²) in [4.78, 5) is 27.6. The van der Waals surface area contributed by atoms with Crippen LogP contribution in [0.2, 0.25) is 0 Å². The number of para-hydroxylation sites is 2. The summed E-state index contributed by atoms with van der Waals surface area (Å²) in [6.07, 6.45) is 3.34. The van der Waals surface area contributed by atoms with Gasteiger partial charge in [0.05, 0.1) is 22.5 Å². The average molecular weight is 422 g/mol. The van der Waals surface area contributed by atoms with Crippen LogP contribution in [0, 0.1) is 0 Å². The Morgan fingerprint density at radius 2 is 1.76 bits per heavy atom. The van der Waals surface area contributed by atoms with E-state index in [2.05, 4.69) is 6.92 Å². The van der Waals surface area contributed by atoms with Gasteiger partial charge >= 0.3 is 5.69 Å². The van der Waals surface area contributed by atoms with Gasteiger partial charge in [0.25, 0.3) is 0 Å². The Morgan fingerprint density at radius 3 is 2.31 bits per heavy atom. The zero-order chi connectivity index (χ0) is 21.0. The number of sulfone groups is 1. The lowest BCUT2D eigenvalue weighted by molar-refractivity contribution is -0.133. The van der Waals surface area contributed by atoms with Crippen molar-refractivity contribution in [3.05, 3.63) is 34.7 Å². The van der Waals surface area contributed by atoms with E-state index in [1.807, 2.05) is 31.2 Å². The molecule has 29 heavy (non-hydrogen) atoms. The second-order valence-corrected chi connectivity index (χ2v) is 10.1. The van der Waals surface area contributed by atoms with E-state index in [0.717, 1.165) is 30.3 Å². The highest BCUT2D eigenvalue weighted by Gasteiger charge is 2.34. The van der Waals surface area contributed by atoms with E-state index in [1.54, 1.807) is 14.0 Å². The number of carbonyl (C=O) groups excluding carboxylic acids is 1. The molecule has 1 aromatic carbocycles. The summed E-state index contributed by atoms with van der Waals surface area (Å²) in [6, 6.07) is 7.41. The van der Waals surface area contributed by atoms with Crippen molar-refractivity contribution >= 4 is 26.8 Å². The van der Waals surface area contributed by atoms with Gasteiger partial charge in [0.1, 0.15) is 0 Å². The van der Waals surface area contributed by atoms with Gasteiger partial charge in [-0.2, -0.15) is 0 Å². The zero-order valence-corrected chi connectivity index (χ0v) is 18.2. The smallest absolute Gasteiger partial charge is 0.329 e. The summed E-state index contributed by atoms with van der Waals surface area (Å²) in [5.74, 6) is 0.134. The molecule has 1 aliphatic heterocycles. The molecule has 0 aliphatic carbocycles. The van der Waals surface area contributed by atoms with Gasteiger partial charge in [-0.1, -0.05) is 32.4 Å². The summed E-state index contributed by atoms with van der Waals surface area (Å²) in [7, 11) is -3.06. The van der Waals surface area contributed by atoms with Crippen molar-refractivity contribution in [1.82, 2.24) is 14.0 Å². The lowest BCUT2D eigenvalue weighted by Crippen LogP contribution is -2.42. The molecule has 8 heteroatoms. The van der Waals surface area contributed by atoms with Crippen LogP contribution in [-0.2, 0) is 27.7 Å². The average Bonchev–Trinajstić information content (AvgIpc) is 3.18. The molecule has 1 aromatic heterocycles. The fraction of sp³-hybridized carbons (Fsp3) is 0.619. The molecule has 0 spiro atoms. The number of hydrogen-bond acceptors (Lipinski definition) is 4. The van der Waals surface area contributed by atoms with E-state index >= 15 is 0 Å². The summed E-state index contributed by atoms with van der Waals surface area (Å²) in [5, 5.41) is 0. The van der Waals surface area contributed by atoms with Crippen molar-refractivity contribution in [3.63, 3.8) is 0 Å². The molecule has 1 amide bonds. The molecule has 2 aromatic rings. The topological polar surface area (TPSA) is 81.4 Å². The molecule has 0 bridgehead atoms. The molecule has 7 nitrogen and oxygen atoms in total. The third-order valence-corrected chi connectivity index (χ3v) is 7.39. The fourth-order valence-corrected chi connectivity index (χ4v) is 5.87. The maximum Gasteiger partial charge on any atom is 0.329 e. The third-order valence-electron chi connectivity index (χ3n) is 5.64. The Labute approximate surface area is 172 Å². The molecule has 1 saturated heterocycles. The lowest BCUT2D eigenvalue weighted by atomic mass is 10.1. The van der Waals surface area contributed by atoms with E-state index in [-0.39, 0.29) is 35.6 Å². The molecule has 0 N–H and O–H groups in total. The van der Waals surface area contributed by atoms with Crippen molar-refractivity contribution in [2.75, 3.05) is 18.1 Å². The number of benzene rings is 1. The first-order chi connectivity index (χ1) is 13.9. The Balaban J connectivity index is 1.79. The first-order valence-electron chi connectivity index (χ1n) is 10.6. The number of nitrogens with zero attached hydrogens (tertiary/aromatic N) is 3. The quantitative estimate of drug-likeness (QED) is 0.623. The van der Waals surface area contributed by atoms with E-state index in [0.29, 0.717) is 26.1 Å². The summed E-state index contributed by atoms with van der Waals surface area (Å²) < 4.78 is 27.2. The second kappa shape index (κ2) is 9.15. The predicted molar refractivity (Wildman–Crippen MR) is 115 cm³/mol. The van der Waals surface area contributed by atoms with Crippen LogP contribution in [0.1, 0.15) is 46.0 Å². The van der Waals surface area contributed by atoms with Gasteiger partial charge in [0.15, 0.2) is 9.84 Å². The largest absolute Gasteiger partial charge is 0.339 e. The molecule has 1 unspecified atom stereocenters. The van der Waals surface area contributed by atoms with Crippen molar-refractivity contribution in [1.29, 1.82) is 0 Å². The Kier molecular flexibility index (Phi) is 6.82. The molecule has 0 radical (unpaired) electrons. The van der Waals surface area contributed by atoms with Gasteiger partial charge in [-0.25, -0.2) is 13.2 Å². The van der Waals surface area contributed by atoms with Crippen LogP contribution in [0.25, 0.3) is 11.0 Å². The molecule has 160 valence electrons. The minimum absolute atomic E-state index is 0.0538. The van der Waals surface area contributed by atoms with Crippen molar-refractivity contribution in [2.45, 2.75) is 65.1 Å². The third kappa shape index (κ3) is 4.74. The van der Waals surface area contributed by atoms with Crippen molar-refractivity contribution in [2.24, 2.45) is 0 Å². The number of hydrogen-bond donors (Lipinski definition) is 0. The van der Waals surface area contributed by atoms with E-state index in [9.17, 15) is 18.0 Å². The van der Waals surface area contributed by atoms with E-state index < -0.39 is 9.84 Å². The van der Waals surface area contributed by atoms with Crippen LogP contribution in [0.4, 0.5) is 0 Å². The van der Waals surface area contributed by atoms with Crippen molar-refractivity contribution < 1.29 is 13.2 Å². The minimum Gasteiger partial charge on any atom is -0.339 e. The number of rotatable bonds is 9. The molecule has 2 heterocycles. The highest BCUT2D eigenvalue weighted by molar-refractivity contribution is 7.91. The van der Waals surface area contributed by atoms with E-state index in [1.165, 1.54) is 0 Å². The van der Waals surface area contributed by atoms with Crippen molar-refractivity contribution in [3.8, 4) is 0 Å². The number of aryl methyl sites for hydroxylation is 2. The molecular formula is C21H31N3O4S. The van der Waals surface area contributed by atoms with Gasteiger partial charge < -0.3 is 4.90 Å². The van der Waals surface area contributed by atoms with Crippen LogP contribution >= 0.6 is 0 Å². The highest BCUT2D eigenvalue weighted by atomic mass is 32.2. The molecule has 1 atom stereocenters. The minimum atomic E-state index is -3.06. The van der Waals surface area contributed by atoms with Crippen LogP contribution in [0.3, 0.4) is 0 Å². The number of aromatic nitrogens is 2. The van der Waals surface area contributed by atoms with E-state index in [4.69, 9.17) is 0 Å². The number of carbonyl (C=O) groups is 1. The molecule has 1 fully saturated rings. The van der Waals surface area contributed by atoms with Gasteiger partial charge in [0.2, 0.25) is 5.91 Å². The van der Waals surface area contributed by atoms with Gasteiger partial charge in [-0.15, -0.1) is 0 Å². The number of amides is 1. The summed E-state index contributed by atoms with van der Waals surface area (Å²) in [6.45, 7) is 5.60. The van der Waals surface area contributed by atoms with Gasteiger partial charge in [-0.3, -0.25) is 13.9 Å². The Bertz CT molecular complexity index is 1020. The van der Waals surface area contributed by atoms with Gasteiger partial charge in [0, 0.05) is 32.1 Å². The van der Waals surface area contributed by atoms with Crippen LogP contribution in [0.15, 0.2) is 29.1 Å². The summed E-state index contributed by atoms with van der Waals surface area (Å²) in [5.41, 5.74) is 1.63.